The van der Waals surface area contributed by atoms with E-state index in [1.54, 1.807) is 18.2 Å². The number of phenols is 1. The van der Waals surface area contributed by atoms with Gasteiger partial charge in [0.1, 0.15) is 0 Å². The first-order chi connectivity index (χ1) is 14.1. The maximum absolute atomic E-state index is 12.8. The Morgan fingerprint density at radius 3 is 2.63 bits per heavy atom. The summed E-state index contributed by atoms with van der Waals surface area (Å²) in [4.78, 5) is 0.264. The third kappa shape index (κ3) is 3.68. The smallest absolute Gasteiger partial charge is 0.241 e. The van der Waals surface area contributed by atoms with Crippen LogP contribution in [-0.2, 0) is 10.0 Å². The Morgan fingerprint density at radius 1 is 1.17 bits per heavy atom. The first kappa shape index (κ1) is 20.8. The molecule has 0 saturated carbocycles. The lowest BCUT2D eigenvalue weighted by Crippen LogP contribution is -2.40. The molecule has 0 aromatic heterocycles. The van der Waals surface area contributed by atoms with Crippen LogP contribution >= 0.6 is 0 Å². The van der Waals surface area contributed by atoms with Crippen molar-refractivity contribution in [3.63, 3.8) is 0 Å². The average Bonchev–Trinajstić information content (AvgIpc) is 3.15. The van der Waals surface area contributed by atoms with E-state index in [2.05, 4.69) is 22.2 Å². The topological polar surface area (TPSA) is 87.7 Å². The molecule has 6 nitrogen and oxygen atoms in total. The SMILES string of the molecule is COc1cccc(C2Nc3ccc(S(=O)(=O)NC(C)(C)C)cc3C3C=CCC32)c1O. The van der Waals surface area contributed by atoms with E-state index in [1.165, 1.54) is 7.11 Å². The lowest BCUT2D eigenvalue weighted by atomic mass is 9.77. The van der Waals surface area contributed by atoms with Crippen LogP contribution in [-0.4, -0.2) is 26.2 Å². The lowest BCUT2D eigenvalue weighted by molar-refractivity contribution is 0.358. The zero-order valence-electron chi connectivity index (χ0n) is 17.6. The Balaban J connectivity index is 1.75. The number of ether oxygens (including phenoxy) is 1. The summed E-state index contributed by atoms with van der Waals surface area (Å²) in [6.07, 6.45) is 5.11. The first-order valence-corrected chi connectivity index (χ1v) is 11.6. The summed E-state index contributed by atoms with van der Waals surface area (Å²) in [6.45, 7) is 5.47. The minimum absolute atomic E-state index is 0.0710. The number of anilines is 1. The van der Waals surface area contributed by atoms with E-state index in [1.807, 2.05) is 39.0 Å². The molecule has 4 rings (SSSR count). The zero-order valence-corrected chi connectivity index (χ0v) is 18.5. The van der Waals surface area contributed by atoms with Gasteiger partial charge in [0.15, 0.2) is 11.5 Å². The Hall–Kier alpha value is -2.51. The van der Waals surface area contributed by atoms with Crippen molar-refractivity contribution in [2.75, 3.05) is 12.4 Å². The summed E-state index contributed by atoms with van der Waals surface area (Å²) in [6, 6.07) is 10.6. The Labute approximate surface area is 178 Å². The number of rotatable bonds is 4. The van der Waals surface area contributed by atoms with Gasteiger partial charge in [0, 0.05) is 22.7 Å². The number of benzene rings is 2. The van der Waals surface area contributed by atoms with Crippen LogP contribution < -0.4 is 14.8 Å². The van der Waals surface area contributed by atoms with Crippen molar-refractivity contribution in [3.8, 4) is 11.5 Å². The monoisotopic (exact) mass is 428 g/mol. The maximum atomic E-state index is 12.8. The van der Waals surface area contributed by atoms with Gasteiger partial charge in [0.25, 0.3) is 0 Å². The second kappa shape index (κ2) is 7.32. The molecular formula is C23H28N2O4S. The minimum atomic E-state index is -3.62. The molecular weight excluding hydrogens is 400 g/mol. The van der Waals surface area contributed by atoms with E-state index < -0.39 is 15.6 Å². The molecule has 7 heteroatoms. The molecule has 0 saturated heterocycles. The Bertz CT molecular complexity index is 1100. The van der Waals surface area contributed by atoms with Gasteiger partial charge in [-0.1, -0.05) is 24.3 Å². The van der Waals surface area contributed by atoms with Crippen molar-refractivity contribution in [1.29, 1.82) is 0 Å². The normalized spacial score (nSPS) is 22.9. The van der Waals surface area contributed by atoms with E-state index in [9.17, 15) is 13.5 Å². The molecule has 0 spiro atoms. The first-order valence-electron chi connectivity index (χ1n) is 10.1. The minimum Gasteiger partial charge on any atom is -0.504 e. The van der Waals surface area contributed by atoms with Crippen LogP contribution in [0.5, 0.6) is 11.5 Å². The average molecular weight is 429 g/mol. The number of para-hydroxylation sites is 1. The summed E-state index contributed by atoms with van der Waals surface area (Å²) in [7, 11) is -2.08. The molecule has 3 N–H and O–H groups in total. The van der Waals surface area contributed by atoms with Gasteiger partial charge in [0.2, 0.25) is 10.0 Å². The number of methoxy groups -OCH3 is 1. The molecule has 1 heterocycles. The fourth-order valence-corrected chi connectivity index (χ4v) is 5.92. The summed E-state index contributed by atoms with van der Waals surface area (Å²) < 4.78 is 33.7. The molecule has 3 atom stereocenters. The maximum Gasteiger partial charge on any atom is 0.241 e. The molecule has 2 aromatic rings. The Morgan fingerprint density at radius 2 is 1.93 bits per heavy atom. The van der Waals surface area contributed by atoms with Crippen molar-refractivity contribution < 1.29 is 18.3 Å². The van der Waals surface area contributed by atoms with Gasteiger partial charge < -0.3 is 15.2 Å². The molecule has 2 aromatic carbocycles. The highest BCUT2D eigenvalue weighted by Crippen LogP contribution is 2.52. The second-order valence-corrected chi connectivity index (χ2v) is 10.7. The van der Waals surface area contributed by atoms with Gasteiger partial charge >= 0.3 is 0 Å². The summed E-state index contributed by atoms with van der Waals surface area (Å²) in [5.41, 5.74) is 2.07. The third-order valence-corrected chi connectivity index (χ3v) is 7.43. The molecule has 160 valence electrons. The van der Waals surface area contributed by atoms with Crippen LogP contribution in [0.1, 0.15) is 50.3 Å². The second-order valence-electron chi connectivity index (χ2n) is 8.98. The molecule has 3 unspecified atom stereocenters. The largest absolute Gasteiger partial charge is 0.504 e. The van der Waals surface area contributed by atoms with E-state index in [4.69, 9.17) is 4.74 Å². The van der Waals surface area contributed by atoms with Crippen molar-refractivity contribution in [1.82, 2.24) is 4.72 Å². The van der Waals surface area contributed by atoms with Gasteiger partial charge in [0.05, 0.1) is 18.0 Å². The van der Waals surface area contributed by atoms with Gasteiger partial charge in [-0.2, -0.15) is 0 Å². The third-order valence-electron chi connectivity index (χ3n) is 5.67. The molecule has 1 aliphatic carbocycles. The molecule has 0 bridgehead atoms. The van der Waals surface area contributed by atoms with Crippen LogP contribution in [0.15, 0.2) is 53.4 Å². The molecule has 0 fully saturated rings. The number of nitrogens with one attached hydrogen (secondary N) is 2. The van der Waals surface area contributed by atoms with Crippen molar-refractivity contribution in [2.45, 2.75) is 49.6 Å². The number of hydrogen-bond donors (Lipinski definition) is 3. The number of allylic oxidation sites excluding steroid dienone is 2. The number of fused-ring (bicyclic) bond motifs is 3. The van der Waals surface area contributed by atoms with Crippen LogP contribution in [0.3, 0.4) is 0 Å². The van der Waals surface area contributed by atoms with Crippen molar-refractivity contribution in [2.24, 2.45) is 5.92 Å². The number of sulfonamides is 1. The van der Waals surface area contributed by atoms with Gasteiger partial charge in [-0.15, -0.1) is 0 Å². The van der Waals surface area contributed by atoms with Gasteiger partial charge in [-0.25, -0.2) is 13.1 Å². The van der Waals surface area contributed by atoms with E-state index in [0.717, 1.165) is 23.2 Å². The van der Waals surface area contributed by atoms with Gasteiger partial charge in [-0.05, 0) is 62.9 Å². The van der Waals surface area contributed by atoms with Crippen LogP contribution in [0, 0.1) is 5.92 Å². The highest BCUT2D eigenvalue weighted by molar-refractivity contribution is 7.89. The molecule has 1 aliphatic heterocycles. The van der Waals surface area contributed by atoms with Crippen molar-refractivity contribution in [3.05, 3.63) is 59.7 Å². The standard InChI is InChI=1S/C23H28N2O4S/c1-23(2,3)25-30(27,28)14-11-12-19-18(13-14)15-7-5-8-16(15)21(24-19)17-9-6-10-20(29-4)22(17)26/h5-7,9-13,15-16,21,24-26H,8H2,1-4H3. The molecule has 0 amide bonds. The van der Waals surface area contributed by atoms with Crippen LogP contribution in [0.25, 0.3) is 0 Å². The number of hydrogen-bond acceptors (Lipinski definition) is 5. The fraction of sp³-hybridized carbons (Fsp3) is 0.391. The van der Waals surface area contributed by atoms with E-state index in [-0.39, 0.29) is 28.5 Å². The number of aromatic hydroxyl groups is 1. The van der Waals surface area contributed by atoms with Gasteiger partial charge in [-0.3, -0.25) is 0 Å². The summed E-state index contributed by atoms with van der Waals surface area (Å²) in [5, 5.41) is 14.2. The predicted octanol–water partition coefficient (Wildman–Crippen LogP) is 4.30. The highest BCUT2D eigenvalue weighted by atomic mass is 32.2. The van der Waals surface area contributed by atoms with Crippen LogP contribution in [0.2, 0.25) is 0 Å². The van der Waals surface area contributed by atoms with E-state index in [0.29, 0.717) is 5.75 Å². The molecule has 0 radical (unpaired) electrons. The van der Waals surface area contributed by atoms with Crippen LogP contribution in [0.4, 0.5) is 5.69 Å². The van der Waals surface area contributed by atoms with Crippen molar-refractivity contribution >= 4 is 15.7 Å². The number of phenolic OH excluding ortho intramolecular Hbond substituents is 1. The fourth-order valence-electron chi connectivity index (χ4n) is 4.46. The molecule has 30 heavy (non-hydrogen) atoms. The Kier molecular flexibility index (Phi) is 5.06. The summed E-state index contributed by atoms with van der Waals surface area (Å²) in [5.74, 6) is 0.822. The quantitative estimate of drug-likeness (QED) is 0.632. The van der Waals surface area contributed by atoms with E-state index >= 15 is 0 Å². The lowest BCUT2D eigenvalue weighted by Gasteiger charge is -2.38. The zero-order chi connectivity index (χ0) is 21.7. The predicted molar refractivity (Wildman–Crippen MR) is 118 cm³/mol. The summed E-state index contributed by atoms with van der Waals surface area (Å²) >= 11 is 0. The molecule has 2 aliphatic rings. The highest BCUT2D eigenvalue weighted by Gasteiger charge is 2.39.